The maximum Gasteiger partial charge on any atom is 0.321 e. The Kier molecular flexibility index (Phi) is 5.86. The van der Waals surface area contributed by atoms with Gasteiger partial charge in [-0.3, -0.25) is 4.79 Å². The molecule has 0 saturated carbocycles. The Morgan fingerprint density at radius 1 is 1.00 bits per heavy atom. The zero-order valence-corrected chi connectivity index (χ0v) is 17.2. The lowest BCUT2D eigenvalue weighted by atomic mass is 9.89. The predicted octanol–water partition coefficient (Wildman–Crippen LogP) is 5.69. The summed E-state index contributed by atoms with van der Waals surface area (Å²) in [5.74, 6) is -0.0351. The van der Waals surface area contributed by atoms with Gasteiger partial charge in [-0.05, 0) is 60.2 Å². The minimum atomic E-state index is -0.158. The van der Waals surface area contributed by atoms with Gasteiger partial charge in [0.1, 0.15) is 0 Å². The van der Waals surface area contributed by atoms with E-state index < -0.39 is 0 Å². The molecule has 0 aliphatic carbocycles. The topological polar surface area (TPSA) is 49.4 Å². The van der Waals surface area contributed by atoms with Crippen LogP contribution < -0.4 is 5.32 Å². The van der Waals surface area contributed by atoms with E-state index in [1.54, 1.807) is 16.7 Å². The van der Waals surface area contributed by atoms with E-state index in [-0.39, 0.29) is 17.7 Å². The number of Topliss-reactive ketones (excluding diaryl/α,β-unsaturated/α-hetero) is 1. The maximum atomic E-state index is 13.1. The largest absolute Gasteiger partial charge is 0.324 e. The lowest BCUT2D eigenvalue weighted by Crippen LogP contribution is -2.44. The summed E-state index contributed by atoms with van der Waals surface area (Å²) in [5.41, 5.74) is 1.50. The molecule has 4 rings (SSSR count). The molecule has 1 saturated heterocycles. The lowest BCUT2D eigenvalue weighted by Gasteiger charge is -2.32. The number of piperidine rings is 1. The molecular formula is C24H24N2O2S. The van der Waals surface area contributed by atoms with Crippen molar-refractivity contribution in [3.8, 4) is 0 Å². The number of benzene rings is 3. The first kappa shape index (κ1) is 19.5. The number of nitrogens with one attached hydrogen (secondary N) is 1. The van der Waals surface area contributed by atoms with Crippen molar-refractivity contribution in [2.75, 3.05) is 24.7 Å². The molecule has 1 unspecified atom stereocenters. The molecule has 1 N–H and O–H groups in total. The molecule has 0 aromatic heterocycles. The van der Waals surface area contributed by atoms with Crippen molar-refractivity contribution < 1.29 is 9.59 Å². The molecule has 5 heteroatoms. The molecule has 1 fully saturated rings. The fraction of sp³-hybridized carbons (Fsp3) is 0.250. The number of rotatable bonds is 4. The number of hydrogen-bond acceptors (Lipinski definition) is 3. The third-order valence-corrected chi connectivity index (χ3v) is 6.20. The molecule has 1 aliphatic heterocycles. The third kappa shape index (κ3) is 4.46. The summed E-state index contributed by atoms with van der Waals surface area (Å²) in [6.07, 6.45) is 3.68. The molecule has 148 valence electrons. The molecule has 3 aromatic carbocycles. The Labute approximate surface area is 175 Å². The number of nitrogens with zero attached hydrogens (tertiary/aromatic N) is 1. The Hall–Kier alpha value is -2.79. The van der Waals surface area contributed by atoms with E-state index in [0.29, 0.717) is 13.1 Å². The Bertz CT molecular complexity index is 1030. The smallest absolute Gasteiger partial charge is 0.321 e. The average molecular weight is 405 g/mol. The van der Waals surface area contributed by atoms with E-state index in [4.69, 9.17) is 0 Å². The summed E-state index contributed by atoms with van der Waals surface area (Å²) >= 11 is 1.67. The first-order valence-corrected chi connectivity index (χ1v) is 11.1. The Balaban J connectivity index is 1.43. The van der Waals surface area contributed by atoms with Crippen LogP contribution in [0.4, 0.5) is 10.5 Å². The van der Waals surface area contributed by atoms with Gasteiger partial charge in [-0.2, -0.15) is 0 Å². The van der Waals surface area contributed by atoms with Crippen molar-refractivity contribution >= 4 is 40.0 Å². The van der Waals surface area contributed by atoms with E-state index >= 15 is 0 Å². The molecule has 0 radical (unpaired) electrons. The highest BCUT2D eigenvalue weighted by atomic mass is 32.2. The second-order valence-corrected chi connectivity index (χ2v) is 8.25. The molecule has 3 aromatic rings. The number of amides is 2. The Morgan fingerprint density at radius 3 is 2.52 bits per heavy atom. The quantitative estimate of drug-likeness (QED) is 0.449. The van der Waals surface area contributed by atoms with Crippen LogP contribution in [0, 0.1) is 5.92 Å². The predicted molar refractivity (Wildman–Crippen MR) is 120 cm³/mol. The molecule has 29 heavy (non-hydrogen) atoms. The second kappa shape index (κ2) is 8.70. The van der Waals surface area contributed by atoms with Crippen LogP contribution in [0.15, 0.2) is 71.6 Å². The zero-order valence-electron chi connectivity index (χ0n) is 16.4. The van der Waals surface area contributed by atoms with Crippen molar-refractivity contribution in [2.45, 2.75) is 17.7 Å². The lowest BCUT2D eigenvalue weighted by molar-refractivity contribution is 0.0851. The summed E-state index contributed by atoms with van der Waals surface area (Å²) in [6.45, 7) is 1.14. The van der Waals surface area contributed by atoms with Crippen molar-refractivity contribution in [1.29, 1.82) is 0 Å². The van der Waals surface area contributed by atoms with Crippen LogP contribution in [0.3, 0.4) is 0 Å². The summed E-state index contributed by atoms with van der Waals surface area (Å²) in [7, 11) is 0. The van der Waals surface area contributed by atoms with Crippen LogP contribution in [-0.2, 0) is 0 Å². The molecule has 1 heterocycles. The molecule has 1 aliphatic rings. The standard InChI is InChI=1S/C24H24N2O2S/c1-29-22-12-10-21(11-13-22)25-24(28)26-14-4-7-20(16-26)23(27)19-9-8-17-5-2-3-6-18(17)15-19/h2-3,5-6,8-13,15,20H,4,7,14,16H2,1H3,(H,25,28). The van der Waals surface area contributed by atoms with Crippen molar-refractivity contribution in [2.24, 2.45) is 5.92 Å². The highest BCUT2D eigenvalue weighted by Gasteiger charge is 2.29. The fourth-order valence-corrected chi connectivity index (χ4v) is 4.24. The van der Waals surface area contributed by atoms with Gasteiger partial charge in [0.05, 0.1) is 0 Å². The van der Waals surface area contributed by atoms with Crippen molar-refractivity contribution in [3.63, 3.8) is 0 Å². The number of anilines is 1. The van der Waals surface area contributed by atoms with Crippen LogP contribution in [0.1, 0.15) is 23.2 Å². The van der Waals surface area contributed by atoms with E-state index in [9.17, 15) is 9.59 Å². The van der Waals surface area contributed by atoms with E-state index in [1.807, 2.05) is 73.0 Å². The number of fused-ring (bicyclic) bond motifs is 1. The summed E-state index contributed by atoms with van der Waals surface area (Å²) in [4.78, 5) is 28.7. The van der Waals surface area contributed by atoms with Crippen LogP contribution in [-0.4, -0.2) is 36.1 Å². The van der Waals surface area contributed by atoms with Gasteiger partial charge < -0.3 is 10.2 Å². The maximum absolute atomic E-state index is 13.1. The number of carbonyl (C=O) groups is 2. The first-order chi connectivity index (χ1) is 14.1. The van der Waals surface area contributed by atoms with Crippen LogP contribution in [0.5, 0.6) is 0 Å². The third-order valence-electron chi connectivity index (χ3n) is 5.45. The molecule has 0 spiro atoms. The molecule has 4 nitrogen and oxygen atoms in total. The van der Waals surface area contributed by atoms with E-state index in [0.717, 1.165) is 39.8 Å². The number of likely N-dealkylation sites (tertiary alicyclic amines) is 1. The van der Waals surface area contributed by atoms with Gasteiger partial charge >= 0.3 is 6.03 Å². The van der Waals surface area contributed by atoms with E-state index in [2.05, 4.69) is 5.32 Å². The average Bonchev–Trinajstić information content (AvgIpc) is 2.79. The molecule has 0 bridgehead atoms. The SMILES string of the molecule is CSc1ccc(NC(=O)N2CCCC(C(=O)c3ccc4ccccc4c3)C2)cc1. The second-order valence-electron chi connectivity index (χ2n) is 7.37. The van der Waals surface area contributed by atoms with Crippen LogP contribution >= 0.6 is 11.8 Å². The number of urea groups is 1. The van der Waals surface area contributed by atoms with Gasteiger partial charge in [0.15, 0.2) is 5.78 Å². The molecule has 1 atom stereocenters. The monoisotopic (exact) mass is 404 g/mol. The van der Waals surface area contributed by atoms with Crippen molar-refractivity contribution in [3.05, 3.63) is 72.3 Å². The number of thioether (sulfide) groups is 1. The minimum absolute atomic E-state index is 0.123. The van der Waals surface area contributed by atoms with Gasteiger partial charge in [-0.15, -0.1) is 11.8 Å². The van der Waals surface area contributed by atoms with Gasteiger partial charge in [0.25, 0.3) is 0 Å². The highest BCUT2D eigenvalue weighted by Crippen LogP contribution is 2.24. The van der Waals surface area contributed by atoms with Gasteiger partial charge in [0.2, 0.25) is 0 Å². The summed E-state index contributed by atoms with van der Waals surface area (Å²) in [5, 5.41) is 5.15. The molecular weight excluding hydrogens is 380 g/mol. The summed E-state index contributed by atoms with van der Waals surface area (Å²) < 4.78 is 0. The van der Waals surface area contributed by atoms with Gasteiger partial charge in [-0.1, -0.05) is 36.4 Å². The van der Waals surface area contributed by atoms with E-state index in [1.165, 1.54) is 0 Å². The van der Waals surface area contributed by atoms with Gasteiger partial charge in [0, 0.05) is 35.2 Å². The minimum Gasteiger partial charge on any atom is -0.324 e. The summed E-state index contributed by atoms with van der Waals surface area (Å²) in [6, 6.07) is 21.6. The van der Waals surface area contributed by atoms with Gasteiger partial charge in [-0.25, -0.2) is 4.79 Å². The first-order valence-electron chi connectivity index (χ1n) is 9.87. The van der Waals surface area contributed by atoms with Crippen LogP contribution in [0.2, 0.25) is 0 Å². The van der Waals surface area contributed by atoms with Crippen LogP contribution in [0.25, 0.3) is 10.8 Å². The fourth-order valence-electron chi connectivity index (χ4n) is 3.83. The molecule has 2 amide bonds. The van der Waals surface area contributed by atoms with Crippen molar-refractivity contribution in [1.82, 2.24) is 4.90 Å². The Morgan fingerprint density at radius 2 is 1.76 bits per heavy atom. The number of ketones is 1. The zero-order chi connectivity index (χ0) is 20.2. The highest BCUT2D eigenvalue weighted by molar-refractivity contribution is 7.98. The number of carbonyl (C=O) groups excluding carboxylic acids is 2. The normalized spacial score (nSPS) is 16.6. The number of hydrogen-bond donors (Lipinski definition) is 1.